The molecule has 0 atom stereocenters. The lowest BCUT2D eigenvalue weighted by molar-refractivity contribution is -0.185. The van der Waals surface area contributed by atoms with Gasteiger partial charge < -0.3 is 4.74 Å². The number of benzene rings is 2. The standard InChI is InChI=1S/C27H33F5O/c1-2-3-4-5-6-7-8-19-9-11-20(12-10-19)21-13-15-23(16-14-21)33-27(31,32)22-17-24(28)26(30)25(29)18-22/h13-20H,2-12H2,1H3. The highest BCUT2D eigenvalue weighted by molar-refractivity contribution is 5.31. The number of rotatable bonds is 11. The minimum absolute atomic E-state index is 0.120. The number of unbranched alkanes of at least 4 members (excludes halogenated alkanes) is 5. The highest BCUT2D eigenvalue weighted by atomic mass is 19.3. The van der Waals surface area contributed by atoms with Crippen molar-refractivity contribution in [1.82, 2.24) is 0 Å². The van der Waals surface area contributed by atoms with Crippen molar-refractivity contribution in [3.8, 4) is 5.75 Å². The van der Waals surface area contributed by atoms with Crippen LogP contribution in [0.5, 0.6) is 5.75 Å². The average Bonchev–Trinajstić information content (AvgIpc) is 2.80. The van der Waals surface area contributed by atoms with Crippen molar-refractivity contribution < 1.29 is 26.7 Å². The maximum absolute atomic E-state index is 14.3. The molecule has 1 aliphatic rings. The van der Waals surface area contributed by atoms with Gasteiger partial charge in [-0.05, 0) is 67.3 Å². The van der Waals surface area contributed by atoms with E-state index in [9.17, 15) is 22.0 Å². The van der Waals surface area contributed by atoms with Gasteiger partial charge >= 0.3 is 6.11 Å². The summed E-state index contributed by atoms with van der Waals surface area (Å²) in [7, 11) is 0. The smallest absolute Gasteiger partial charge is 0.426 e. The van der Waals surface area contributed by atoms with Crippen LogP contribution in [-0.4, -0.2) is 0 Å². The quantitative estimate of drug-likeness (QED) is 0.181. The van der Waals surface area contributed by atoms with Gasteiger partial charge in [-0.25, -0.2) is 13.2 Å². The van der Waals surface area contributed by atoms with Crippen LogP contribution in [0.4, 0.5) is 22.0 Å². The van der Waals surface area contributed by atoms with Crippen LogP contribution in [0.3, 0.4) is 0 Å². The van der Waals surface area contributed by atoms with Gasteiger partial charge in [0.15, 0.2) is 17.5 Å². The topological polar surface area (TPSA) is 9.23 Å². The van der Waals surface area contributed by atoms with E-state index in [4.69, 9.17) is 0 Å². The van der Waals surface area contributed by atoms with E-state index in [0.717, 1.165) is 24.3 Å². The molecule has 0 amide bonds. The zero-order valence-corrected chi connectivity index (χ0v) is 19.2. The van der Waals surface area contributed by atoms with E-state index in [2.05, 4.69) is 11.7 Å². The van der Waals surface area contributed by atoms with Crippen LogP contribution in [0, 0.1) is 23.4 Å². The van der Waals surface area contributed by atoms with Gasteiger partial charge in [0, 0.05) is 0 Å². The molecule has 0 aliphatic heterocycles. The SMILES string of the molecule is CCCCCCCCC1CCC(c2ccc(OC(F)(F)c3cc(F)c(F)c(F)c3)cc2)CC1. The van der Waals surface area contributed by atoms with E-state index in [0.29, 0.717) is 5.92 Å². The molecule has 0 aromatic heterocycles. The molecular formula is C27H33F5O. The van der Waals surface area contributed by atoms with Crippen molar-refractivity contribution in [3.05, 3.63) is 65.0 Å². The third-order valence-electron chi connectivity index (χ3n) is 6.73. The van der Waals surface area contributed by atoms with Crippen molar-refractivity contribution in [1.29, 1.82) is 0 Å². The van der Waals surface area contributed by atoms with Gasteiger partial charge in [0.1, 0.15) is 5.75 Å². The Morgan fingerprint density at radius 1 is 0.818 bits per heavy atom. The summed E-state index contributed by atoms with van der Waals surface area (Å²) in [5.41, 5.74) is 0.00853. The van der Waals surface area contributed by atoms with E-state index in [-0.39, 0.29) is 17.9 Å². The fraction of sp³-hybridized carbons (Fsp3) is 0.556. The van der Waals surface area contributed by atoms with Gasteiger partial charge in [0.05, 0.1) is 5.56 Å². The minimum atomic E-state index is -3.99. The molecule has 1 nitrogen and oxygen atoms in total. The van der Waals surface area contributed by atoms with Crippen LogP contribution in [-0.2, 0) is 6.11 Å². The maximum Gasteiger partial charge on any atom is 0.426 e. The molecule has 3 rings (SSSR count). The molecule has 2 aromatic carbocycles. The Labute approximate surface area is 193 Å². The molecule has 1 aliphatic carbocycles. The van der Waals surface area contributed by atoms with E-state index in [1.54, 1.807) is 12.1 Å². The monoisotopic (exact) mass is 468 g/mol. The van der Waals surface area contributed by atoms with Crippen LogP contribution >= 0.6 is 0 Å². The summed E-state index contributed by atoms with van der Waals surface area (Å²) in [6.07, 6.45) is 9.77. The lowest BCUT2D eigenvalue weighted by Crippen LogP contribution is -2.22. The molecule has 0 radical (unpaired) electrons. The predicted octanol–water partition coefficient (Wildman–Crippen LogP) is 9.26. The molecule has 0 saturated heterocycles. The fourth-order valence-electron chi connectivity index (χ4n) is 4.74. The summed E-state index contributed by atoms with van der Waals surface area (Å²) in [6.45, 7) is 2.23. The summed E-state index contributed by atoms with van der Waals surface area (Å²) in [6, 6.07) is 6.93. The highest BCUT2D eigenvalue weighted by Crippen LogP contribution is 2.39. The third kappa shape index (κ3) is 7.18. The molecule has 0 spiro atoms. The average molecular weight is 469 g/mol. The van der Waals surface area contributed by atoms with Gasteiger partial charge in [-0.1, -0.05) is 64.0 Å². The third-order valence-corrected chi connectivity index (χ3v) is 6.73. The van der Waals surface area contributed by atoms with E-state index < -0.39 is 29.1 Å². The Kier molecular flexibility index (Phi) is 9.16. The van der Waals surface area contributed by atoms with E-state index in [1.807, 2.05) is 0 Å². The first-order valence-corrected chi connectivity index (χ1v) is 12.1. The lowest BCUT2D eigenvalue weighted by Gasteiger charge is -2.29. The van der Waals surface area contributed by atoms with Crippen molar-refractivity contribution in [2.24, 2.45) is 5.92 Å². The van der Waals surface area contributed by atoms with Crippen LogP contribution in [0.1, 0.15) is 94.6 Å². The van der Waals surface area contributed by atoms with Gasteiger partial charge in [0.25, 0.3) is 0 Å². The predicted molar refractivity (Wildman–Crippen MR) is 120 cm³/mol. The van der Waals surface area contributed by atoms with E-state index >= 15 is 0 Å². The Hall–Kier alpha value is -2.11. The van der Waals surface area contributed by atoms with Crippen LogP contribution < -0.4 is 4.74 Å². The Balaban J connectivity index is 1.49. The van der Waals surface area contributed by atoms with Gasteiger partial charge in [-0.2, -0.15) is 8.78 Å². The molecule has 2 aromatic rings. The number of hydrogen-bond acceptors (Lipinski definition) is 1. The summed E-state index contributed by atoms with van der Waals surface area (Å²) >= 11 is 0. The zero-order valence-electron chi connectivity index (χ0n) is 19.2. The molecule has 0 N–H and O–H groups in total. The summed E-state index contributed by atoms with van der Waals surface area (Å²) in [5.74, 6) is -4.09. The van der Waals surface area contributed by atoms with Gasteiger partial charge in [0.2, 0.25) is 0 Å². The molecular weight excluding hydrogens is 435 g/mol. The van der Waals surface area contributed by atoms with Crippen molar-refractivity contribution >= 4 is 0 Å². The number of ether oxygens (including phenoxy) is 1. The summed E-state index contributed by atoms with van der Waals surface area (Å²) in [5, 5.41) is 0. The second-order valence-electron chi connectivity index (χ2n) is 9.22. The second-order valence-corrected chi connectivity index (χ2v) is 9.22. The largest absolute Gasteiger partial charge is 0.429 e. The molecule has 0 heterocycles. The first-order chi connectivity index (χ1) is 15.8. The van der Waals surface area contributed by atoms with Crippen molar-refractivity contribution in [2.75, 3.05) is 0 Å². The van der Waals surface area contributed by atoms with E-state index in [1.165, 1.54) is 69.9 Å². The van der Waals surface area contributed by atoms with Gasteiger partial charge in [-0.3, -0.25) is 0 Å². The fourth-order valence-corrected chi connectivity index (χ4v) is 4.74. The molecule has 182 valence electrons. The molecule has 0 bridgehead atoms. The summed E-state index contributed by atoms with van der Waals surface area (Å²) in [4.78, 5) is 0. The van der Waals surface area contributed by atoms with Crippen molar-refractivity contribution in [3.63, 3.8) is 0 Å². The summed E-state index contributed by atoms with van der Waals surface area (Å²) < 4.78 is 73.1. The normalized spacial score (nSPS) is 19.0. The highest BCUT2D eigenvalue weighted by Gasteiger charge is 2.36. The van der Waals surface area contributed by atoms with Crippen LogP contribution in [0.15, 0.2) is 36.4 Å². The molecule has 0 unspecified atom stereocenters. The molecule has 6 heteroatoms. The molecule has 33 heavy (non-hydrogen) atoms. The maximum atomic E-state index is 14.3. The first-order valence-electron chi connectivity index (χ1n) is 12.1. The zero-order chi connectivity index (χ0) is 23.8. The molecule has 1 saturated carbocycles. The van der Waals surface area contributed by atoms with Crippen LogP contribution in [0.2, 0.25) is 0 Å². The number of halogens is 5. The van der Waals surface area contributed by atoms with Gasteiger partial charge in [-0.15, -0.1) is 0 Å². The Bertz CT molecular complexity index is 850. The number of alkyl halides is 2. The second kappa shape index (κ2) is 11.8. The van der Waals surface area contributed by atoms with Crippen LogP contribution in [0.25, 0.3) is 0 Å². The number of hydrogen-bond donors (Lipinski definition) is 0. The Morgan fingerprint density at radius 3 is 2.00 bits per heavy atom. The Morgan fingerprint density at radius 2 is 1.39 bits per heavy atom. The molecule has 1 fully saturated rings. The van der Waals surface area contributed by atoms with Crippen molar-refractivity contribution in [2.45, 2.75) is 89.6 Å². The minimum Gasteiger partial charge on any atom is -0.429 e. The lowest BCUT2D eigenvalue weighted by atomic mass is 9.77. The first kappa shape index (κ1) is 25.5.